The highest BCUT2D eigenvalue weighted by Gasteiger charge is 2.21. The molecule has 2 aromatic rings. The van der Waals surface area contributed by atoms with Crippen molar-refractivity contribution < 1.29 is 14.1 Å². The van der Waals surface area contributed by atoms with Gasteiger partial charge in [0.25, 0.3) is 5.91 Å². The summed E-state index contributed by atoms with van der Waals surface area (Å²) in [5.74, 6) is 0.745. The van der Waals surface area contributed by atoms with Crippen LogP contribution in [0.25, 0.3) is 6.08 Å². The van der Waals surface area contributed by atoms with Crippen LogP contribution in [-0.4, -0.2) is 60.0 Å². The van der Waals surface area contributed by atoms with Crippen molar-refractivity contribution in [2.45, 2.75) is 20.4 Å². The van der Waals surface area contributed by atoms with Crippen molar-refractivity contribution in [2.75, 3.05) is 33.2 Å². The van der Waals surface area contributed by atoms with E-state index in [1.54, 1.807) is 31.3 Å². The van der Waals surface area contributed by atoms with Crippen LogP contribution >= 0.6 is 0 Å². The first-order chi connectivity index (χ1) is 13.5. The van der Waals surface area contributed by atoms with Gasteiger partial charge in [-0.15, -0.1) is 0 Å². The van der Waals surface area contributed by atoms with Crippen LogP contribution in [0.2, 0.25) is 0 Å². The van der Waals surface area contributed by atoms with Crippen LogP contribution in [0.4, 0.5) is 0 Å². The summed E-state index contributed by atoms with van der Waals surface area (Å²) in [6.07, 6.45) is 3.38. The number of benzene rings is 1. The van der Waals surface area contributed by atoms with E-state index in [1.165, 1.54) is 0 Å². The molecule has 0 unspecified atom stereocenters. The predicted octanol–water partition coefficient (Wildman–Crippen LogP) is 2.01. The number of aromatic nitrogens is 1. The molecule has 1 fully saturated rings. The fourth-order valence-corrected chi connectivity index (χ4v) is 3.24. The van der Waals surface area contributed by atoms with Crippen molar-refractivity contribution in [1.82, 2.24) is 20.3 Å². The number of carbonyl (C=O) groups excluding carboxylic acids is 2. The van der Waals surface area contributed by atoms with Gasteiger partial charge in [-0.05, 0) is 37.6 Å². The van der Waals surface area contributed by atoms with Crippen molar-refractivity contribution >= 4 is 17.9 Å². The van der Waals surface area contributed by atoms with E-state index >= 15 is 0 Å². The molecule has 3 rings (SSSR count). The summed E-state index contributed by atoms with van der Waals surface area (Å²) in [4.78, 5) is 28.2. The van der Waals surface area contributed by atoms with E-state index in [0.717, 1.165) is 42.2 Å². The number of rotatable bonds is 5. The Bertz CT molecular complexity index is 843. The van der Waals surface area contributed by atoms with Gasteiger partial charge in [-0.25, -0.2) is 0 Å². The van der Waals surface area contributed by atoms with Crippen molar-refractivity contribution in [1.29, 1.82) is 0 Å². The van der Waals surface area contributed by atoms with E-state index in [1.807, 2.05) is 30.9 Å². The molecule has 2 amide bonds. The normalized spacial score (nSPS) is 15.2. The van der Waals surface area contributed by atoms with Gasteiger partial charge in [0.1, 0.15) is 5.76 Å². The minimum Gasteiger partial charge on any atom is -0.361 e. The largest absolute Gasteiger partial charge is 0.361 e. The maximum absolute atomic E-state index is 12.5. The van der Waals surface area contributed by atoms with Gasteiger partial charge in [0, 0.05) is 57.0 Å². The Hall–Kier alpha value is -2.93. The Labute approximate surface area is 165 Å². The molecule has 0 aliphatic carbocycles. The van der Waals surface area contributed by atoms with Crippen LogP contribution in [0.15, 0.2) is 34.9 Å². The van der Waals surface area contributed by atoms with E-state index in [-0.39, 0.29) is 11.8 Å². The second-order valence-electron chi connectivity index (χ2n) is 6.94. The number of aryl methyl sites for hydroxylation is 2. The van der Waals surface area contributed by atoms with Gasteiger partial charge in [-0.3, -0.25) is 14.5 Å². The fourth-order valence-electron chi connectivity index (χ4n) is 3.24. The molecule has 7 heteroatoms. The number of nitrogens with one attached hydrogen (secondary N) is 1. The first kappa shape index (κ1) is 19.8. The third-order valence-corrected chi connectivity index (χ3v) is 5.07. The van der Waals surface area contributed by atoms with Gasteiger partial charge in [0.05, 0.1) is 5.69 Å². The minimum atomic E-state index is -0.124. The molecule has 0 atom stereocenters. The summed E-state index contributed by atoms with van der Waals surface area (Å²) < 4.78 is 5.22. The SMILES string of the molecule is CNC(=O)c1ccc(/C=C/C(=O)N2CCN(Cc3c(C)noc3C)CC2)cc1. The zero-order chi connectivity index (χ0) is 20.1. The van der Waals surface area contributed by atoms with E-state index in [0.29, 0.717) is 18.7 Å². The van der Waals surface area contributed by atoms with Crippen molar-refractivity contribution in [3.63, 3.8) is 0 Å². The summed E-state index contributed by atoms with van der Waals surface area (Å²) in [7, 11) is 1.60. The lowest BCUT2D eigenvalue weighted by atomic mass is 10.1. The minimum absolute atomic E-state index is 0.00682. The second kappa shape index (κ2) is 8.84. The van der Waals surface area contributed by atoms with Crippen LogP contribution in [0.1, 0.15) is 32.9 Å². The highest BCUT2D eigenvalue weighted by atomic mass is 16.5. The Kier molecular flexibility index (Phi) is 6.26. The van der Waals surface area contributed by atoms with Crippen LogP contribution in [0, 0.1) is 13.8 Å². The third kappa shape index (κ3) is 4.67. The smallest absolute Gasteiger partial charge is 0.251 e. The summed E-state index contributed by atoms with van der Waals surface area (Å²) in [6.45, 7) is 7.73. The zero-order valence-corrected chi connectivity index (χ0v) is 16.6. The lowest BCUT2D eigenvalue weighted by Crippen LogP contribution is -2.47. The van der Waals surface area contributed by atoms with Crippen molar-refractivity contribution in [2.24, 2.45) is 0 Å². The number of nitrogens with zero attached hydrogens (tertiary/aromatic N) is 3. The Balaban J connectivity index is 1.51. The molecular weight excluding hydrogens is 356 g/mol. The molecule has 1 aromatic carbocycles. The standard InChI is InChI=1S/C21H26N4O3/c1-15-19(16(2)28-23-15)14-24-10-12-25(13-11-24)20(26)9-6-17-4-7-18(8-5-17)21(27)22-3/h4-9H,10-14H2,1-3H3,(H,22,27)/b9-6+. The summed E-state index contributed by atoms with van der Waals surface area (Å²) >= 11 is 0. The van der Waals surface area contributed by atoms with Gasteiger partial charge in [-0.1, -0.05) is 17.3 Å². The number of amides is 2. The molecular formula is C21H26N4O3. The highest BCUT2D eigenvalue weighted by molar-refractivity contribution is 5.94. The van der Waals surface area contributed by atoms with Crippen LogP contribution in [0.5, 0.6) is 0 Å². The molecule has 0 saturated carbocycles. The average Bonchev–Trinajstić information content (AvgIpc) is 3.04. The number of piperazine rings is 1. The number of carbonyl (C=O) groups is 2. The number of hydrogen-bond acceptors (Lipinski definition) is 5. The maximum atomic E-state index is 12.5. The molecule has 7 nitrogen and oxygen atoms in total. The second-order valence-corrected chi connectivity index (χ2v) is 6.94. The van der Waals surface area contributed by atoms with Crippen molar-refractivity contribution in [3.8, 4) is 0 Å². The van der Waals surface area contributed by atoms with Crippen LogP contribution < -0.4 is 5.32 Å². The monoisotopic (exact) mass is 382 g/mol. The molecule has 0 spiro atoms. The predicted molar refractivity (Wildman–Crippen MR) is 107 cm³/mol. The maximum Gasteiger partial charge on any atom is 0.251 e. The molecule has 1 aliphatic rings. The summed E-state index contributed by atoms with van der Waals surface area (Å²) in [5.41, 5.74) is 3.56. The van der Waals surface area contributed by atoms with E-state index in [4.69, 9.17) is 4.52 Å². The van der Waals surface area contributed by atoms with Crippen molar-refractivity contribution in [3.05, 3.63) is 58.5 Å². The molecule has 0 bridgehead atoms. The Morgan fingerprint density at radius 3 is 2.39 bits per heavy atom. The first-order valence-corrected chi connectivity index (χ1v) is 9.41. The lowest BCUT2D eigenvalue weighted by Gasteiger charge is -2.34. The first-order valence-electron chi connectivity index (χ1n) is 9.41. The number of hydrogen-bond donors (Lipinski definition) is 1. The topological polar surface area (TPSA) is 78.7 Å². The fraction of sp³-hybridized carbons (Fsp3) is 0.381. The average molecular weight is 382 g/mol. The van der Waals surface area contributed by atoms with Gasteiger partial charge >= 0.3 is 0 Å². The van der Waals surface area contributed by atoms with Crippen LogP contribution in [0.3, 0.4) is 0 Å². The Morgan fingerprint density at radius 1 is 1.14 bits per heavy atom. The molecule has 2 heterocycles. The summed E-state index contributed by atoms with van der Waals surface area (Å²) in [6, 6.07) is 7.15. The third-order valence-electron chi connectivity index (χ3n) is 5.07. The lowest BCUT2D eigenvalue weighted by molar-refractivity contribution is -0.127. The molecule has 1 aromatic heterocycles. The molecule has 28 heavy (non-hydrogen) atoms. The van der Waals surface area contributed by atoms with Gasteiger partial charge in [0.2, 0.25) is 5.91 Å². The highest BCUT2D eigenvalue weighted by Crippen LogP contribution is 2.16. The molecule has 148 valence electrons. The van der Waals surface area contributed by atoms with E-state index in [9.17, 15) is 9.59 Å². The van der Waals surface area contributed by atoms with Gasteiger partial charge in [0.15, 0.2) is 0 Å². The molecule has 0 radical (unpaired) electrons. The molecule has 1 aliphatic heterocycles. The van der Waals surface area contributed by atoms with Crippen LogP contribution in [-0.2, 0) is 11.3 Å². The Morgan fingerprint density at radius 2 is 1.82 bits per heavy atom. The van der Waals surface area contributed by atoms with E-state index in [2.05, 4.69) is 15.4 Å². The zero-order valence-electron chi connectivity index (χ0n) is 16.6. The summed E-state index contributed by atoms with van der Waals surface area (Å²) in [5, 5.41) is 6.59. The quantitative estimate of drug-likeness (QED) is 0.801. The van der Waals surface area contributed by atoms with E-state index < -0.39 is 0 Å². The van der Waals surface area contributed by atoms with Gasteiger partial charge < -0.3 is 14.7 Å². The molecule has 1 N–H and O–H groups in total. The molecule has 1 saturated heterocycles. The van der Waals surface area contributed by atoms with Gasteiger partial charge in [-0.2, -0.15) is 0 Å².